The summed E-state index contributed by atoms with van der Waals surface area (Å²) >= 11 is 0. The Labute approximate surface area is 169 Å². The van der Waals surface area contributed by atoms with Crippen molar-refractivity contribution in [3.63, 3.8) is 0 Å². The number of carbonyl (C=O) groups excluding carboxylic acids is 2. The van der Waals surface area contributed by atoms with E-state index >= 15 is 0 Å². The van der Waals surface area contributed by atoms with Crippen LogP contribution in [0.2, 0.25) is 0 Å². The van der Waals surface area contributed by atoms with Gasteiger partial charge in [0.05, 0.1) is 11.4 Å². The molecule has 0 unspecified atom stereocenters. The second-order valence-corrected chi connectivity index (χ2v) is 8.18. The Morgan fingerprint density at radius 2 is 1.70 bits per heavy atom. The standard InChI is InChI=1S/C18H16F3N3O5S/c19-18(20,21)29-14-5-3-13(4-6-14)23-17(26)12-1-7-15(8-2-12)30(27,28)24-10-9-22-16(25)11-24/h1-8H,9-11H2,(H,22,25)(H,23,26). The van der Waals surface area contributed by atoms with Gasteiger partial charge in [0.25, 0.3) is 5.91 Å². The summed E-state index contributed by atoms with van der Waals surface area (Å²) in [4.78, 5) is 23.7. The topological polar surface area (TPSA) is 105 Å². The van der Waals surface area contributed by atoms with E-state index in [1.165, 1.54) is 36.4 Å². The average Bonchev–Trinajstić information content (AvgIpc) is 2.68. The lowest BCUT2D eigenvalue weighted by Gasteiger charge is -2.25. The van der Waals surface area contributed by atoms with Crippen molar-refractivity contribution < 1.29 is 35.9 Å². The van der Waals surface area contributed by atoms with Gasteiger partial charge in [-0.3, -0.25) is 9.59 Å². The molecular formula is C18H16F3N3O5S. The maximum atomic E-state index is 12.6. The highest BCUT2D eigenvalue weighted by atomic mass is 32.2. The van der Waals surface area contributed by atoms with Gasteiger partial charge in [0, 0.05) is 24.3 Å². The number of hydrogen-bond acceptors (Lipinski definition) is 5. The minimum atomic E-state index is -4.81. The molecule has 8 nitrogen and oxygen atoms in total. The van der Waals surface area contributed by atoms with Crippen molar-refractivity contribution in [2.24, 2.45) is 0 Å². The highest BCUT2D eigenvalue weighted by Gasteiger charge is 2.31. The monoisotopic (exact) mass is 443 g/mol. The molecule has 1 aliphatic rings. The molecule has 160 valence electrons. The van der Waals surface area contributed by atoms with Crippen molar-refractivity contribution in [3.8, 4) is 5.75 Å². The Morgan fingerprint density at radius 3 is 2.27 bits per heavy atom. The number of sulfonamides is 1. The zero-order chi connectivity index (χ0) is 21.9. The Morgan fingerprint density at radius 1 is 1.07 bits per heavy atom. The van der Waals surface area contributed by atoms with E-state index in [2.05, 4.69) is 15.4 Å². The molecule has 12 heteroatoms. The summed E-state index contributed by atoms with van der Waals surface area (Å²) < 4.78 is 66.5. The molecule has 0 aromatic heterocycles. The van der Waals surface area contributed by atoms with Crippen molar-refractivity contribution in [2.45, 2.75) is 11.3 Å². The first kappa shape index (κ1) is 21.6. The first-order valence-electron chi connectivity index (χ1n) is 8.59. The molecule has 0 bridgehead atoms. The van der Waals surface area contributed by atoms with Crippen LogP contribution in [0.5, 0.6) is 5.75 Å². The number of benzene rings is 2. The minimum Gasteiger partial charge on any atom is -0.406 e. The molecule has 2 amide bonds. The number of piperazine rings is 1. The average molecular weight is 443 g/mol. The van der Waals surface area contributed by atoms with Crippen LogP contribution in [0.1, 0.15) is 10.4 Å². The lowest BCUT2D eigenvalue weighted by molar-refractivity contribution is -0.274. The Kier molecular flexibility index (Phi) is 5.99. The van der Waals surface area contributed by atoms with E-state index in [-0.39, 0.29) is 35.8 Å². The van der Waals surface area contributed by atoms with Crippen LogP contribution in [0.4, 0.5) is 18.9 Å². The summed E-state index contributed by atoms with van der Waals surface area (Å²) in [5.41, 5.74) is 0.367. The molecule has 2 N–H and O–H groups in total. The predicted octanol–water partition coefficient (Wildman–Crippen LogP) is 1.96. The van der Waals surface area contributed by atoms with Crippen molar-refractivity contribution in [3.05, 3.63) is 54.1 Å². The van der Waals surface area contributed by atoms with Crippen molar-refractivity contribution in [2.75, 3.05) is 25.0 Å². The van der Waals surface area contributed by atoms with E-state index in [9.17, 15) is 31.2 Å². The number of nitrogens with one attached hydrogen (secondary N) is 2. The molecule has 0 aliphatic carbocycles. The molecule has 0 spiro atoms. The van der Waals surface area contributed by atoms with Gasteiger partial charge in [0.1, 0.15) is 5.75 Å². The fraction of sp³-hybridized carbons (Fsp3) is 0.222. The highest BCUT2D eigenvalue weighted by molar-refractivity contribution is 7.89. The number of ether oxygens (including phenoxy) is 1. The van der Waals surface area contributed by atoms with Gasteiger partial charge in [-0.1, -0.05) is 0 Å². The fourth-order valence-electron chi connectivity index (χ4n) is 2.69. The normalized spacial score (nSPS) is 15.4. The number of hydrogen-bond donors (Lipinski definition) is 2. The third-order valence-corrected chi connectivity index (χ3v) is 5.96. The number of anilines is 1. The molecule has 1 heterocycles. The number of rotatable bonds is 5. The summed E-state index contributed by atoms with van der Waals surface area (Å²) in [6, 6.07) is 9.66. The molecule has 0 radical (unpaired) electrons. The number of nitrogens with zero attached hydrogens (tertiary/aromatic N) is 1. The predicted molar refractivity (Wildman–Crippen MR) is 99.3 cm³/mol. The second kappa shape index (κ2) is 8.32. The van der Waals surface area contributed by atoms with Crippen LogP contribution in [0.3, 0.4) is 0 Å². The number of amides is 2. The Balaban J connectivity index is 1.67. The summed E-state index contributed by atoms with van der Waals surface area (Å²) in [5.74, 6) is -1.41. The van der Waals surface area contributed by atoms with Gasteiger partial charge in [-0.15, -0.1) is 13.2 Å². The van der Waals surface area contributed by atoms with Gasteiger partial charge in [-0.05, 0) is 48.5 Å². The van der Waals surface area contributed by atoms with Crippen LogP contribution in [0.15, 0.2) is 53.4 Å². The van der Waals surface area contributed by atoms with E-state index in [1.54, 1.807) is 0 Å². The number of carbonyl (C=O) groups is 2. The van der Waals surface area contributed by atoms with Crippen LogP contribution < -0.4 is 15.4 Å². The van der Waals surface area contributed by atoms with E-state index in [1.807, 2.05) is 0 Å². The van der Waals surface area contributed by atoms with Gasteiger partial charge < -0.3 is 15.4 Å². The number of halogens is 3. The summed E-state index contributed by atoms with van der Waals surface area (Å²) in [6.45, 7) is 0.0777. The van der Waals surface area contributed by atoms with Crippen molar-refractivity contribution in [1.29, 1.82) is 0 Å². The van der Waals surface area contributed by atoms with Crippen LogP contribution >= 0.6 is 0 Å². The molecule has 3 rings (SSSR count). The zero-order valence-corrected chi connectivity index (χ0v) is 16.1. The first-order valence-corrected chi connectivity index (χ1v) is 10.0. The Bertz CT molecular complexity index is 1040. The molecular weight excluding hydrogens is 427 g/mol. The van der Waals surface area contributed by atoms with E-state index in [0.29, 0.717) is 0 Å². The molecule has 2 aromatic rings. The third kappa shape index (κ3) is 5.27. The molecule has 30 heavy (non-hydrogen) atoms. The summed E-state index contributed by atoms with van der Waals surface area (Å²) in [7, 11) is -3.88. The molecule has 1 fully saturated rings. The molecule has 1 aliphatic heterocycles. The van der Waals surface area contributed by atoms with Crippen LogP contribution in [-0.4, -0.2) is 50.5 Å². The van der Waals surface area contributed by atoms with Crippen LogP contribution in [-0.2, 0) is 14.8 Å². The lowest BCUT2D eigenvalue weighted by Crippen LogP contribution is -2.49. The minimum absolute atomic E-state index is 0.0672. The van der Waals surface area contributed by atoms with Crippen molar-refractivity contribution >= 4 is 27.5 Å². The van der Waals surface area contributed by atoms with Crippen molar-refractivity contribution in [1.82, 2.24) is 9.62 Å². The maximum Gasteiger partial charge on any atom is 0.573 e. The molecule has 1 saturated heterocycles. The maximum absolute atomic E-state index is 12.6. The molecule has 2 aromatic carbocycles. The van der Waals surface area contributed by atoms with Gasteiger partial charge in [-0.25, -0.2) is 8.42 Å². The van der Waals surface area contributed by atoms with Crippen LogP contribution in [0, 0.1) is 0 Å². The largest absolute Gasteiger partial charge is 0.573 e. The zero-order valence-electron chi connectivity index (χ0n) is 15.3. The smallest absolute Gasteiger partial charge is 0.406 e. The van der Waals surface area contributed by atoms with E-state index < -0.39 is 33.9 Å². The SMILES string of the molecule is O=C1CN(S(=O)(=O)c2ccc(C(=O)Nc3ccc(OC(F)(F)F)cc3)cc2)CCN1. The highest BCUT2D eigenvalue weighted by Crippen LogP contribution is 2.24. The molecule has 0 saturated carbocycles. The van der Waals surface area contributed by atoms with Crippen LogP contribution in [0.25, 0.3) is 0 Å². The Hall–Kier alpha value is -3.12. The number of alkyl halides is 3. The lowest BCUT2D eigenvalue weighted by atomic mass is 10.2. The molecule has 0 atom stereocenters. The quantitative estimate of drug-likeness (QED) is 0.735. The van der Waals surface area contributed by atoms with Gasteiger partial charge in [-0.2, -0.15) is 4.31 Å². The van der Waals surface area contributed by atoms with Gasteiger partial charge in [0.2, 0.25) is 15.9 Å². The second-order valence-electron chi connectivity index (χ2n) is 6.24. The van der Waals surface area contributed by atoms with E-state index in [4.69, 9.17) is 0 Å². The summed E-state index contributed by atoms with van der Waals surface area (Å²) in [5, 5.41) is 5.02. The fourth-order valence-corrected chi connectivity index (χ4v) is 4.09. The third-order valence-electron chi connectivity index (χ3n) is 4.10. The van der Waals surface area contributed by atoms with Gasteiger partial charge >= 0.3 is 6.36 Å². The van der Waals surface area contributed by atoms with Gasteiger partial charge in [0.15, 0.2) is 0 Å². The summed E-state index contributed by atoms with van der Waals surface area (Å²) in [6.07, 6.45) is -4.81. The first-order chi connectivity index (χ1) is 14.0. The van der Waals surface area contributed by atoms with E-state index in [0.717, 1.165) is 16.4 Å².